The Morgan fingerprint density at radius 2 is 1.03 bits per heavy atom. The Hall–Kier alpha value is -4.84. The standard InChI is InChI=1S/C32H30O6/c1-5-9-19-35-29-21-28(24-13-17-26(18-14-24)38-32(34)8-4)30(36-20-10-6-2)22-27(29)23-11-15-25(16-12-23)37-31(33)7-3/h5-18,21-22H,3-4,19-20H2,1-2H3/b9-5+,10-6+. The van der Waals surface area contributed by atoms with Crippen LogP contribution < -0.4 is 18.9 Å². The molecule has 3 rings (SSSR count). The van der Waals surface area contributed by atoms with E-state index < -0.39 is 11.9 Å². The fraction of sp³-hybridized carbons (Fsp3) is 0.125. The highest BCUT2D eigenvalue weighted by Gasteiger charge is 2.16. The Balaban J connectivity index is 2.08. The molecule has 0 atom stereocenters. The molecule has 0 radical (unpaired) electrons. The lowest BCUT2D eigenvalue weighted by Crippen LogP contribution is -2.03. The number of ether oxygens (including phenoxy) is 4. The lowest BCUT2D eigenvalue weighted by atomic mass is 9.97. The van der Waals surface area contributed by atoms with Crippen LogP contribution in [0.1, 0.15) is 13.8 Å². The molecule has 0 aromatic heterocycles. The number of rotatable bonds is 12. The predicted octanol–water partition coefficient (Wildman–Crippen LogP) is 7.11. The summed E-state index contributed by atoms with van der Waals surface area (Å²) < 4.78 is 22.7. The molecule has 0 amide bonds. The summed E-state index contributed by atoms with van der Waals surface area (Å²) in [4.78, 5) is 23.1. The van der Waals surface area contributed by atoms with E-state index in [1.54, 1.807) is 24.3 Å². The predicted molar refractivity (Wildman–Crippen MR) is 150 cm³/mol. The zero-order valence-electron chi connectivity index (χ0n) is 21.5. The van der Waals surface area contributed by atoms with Crippen LogP contribution in [-0.4, -0.2) is 25.2 Å². The zero-order chi connectivity index (χ0) is 27.3. The van der Waals surface area contributed by atoms with Crippen molar-refractivity contribution in [2.24, 2.45) is 0 Å². The van der Waals surface area contributed by atoms with E-state index >= 15 is 0 Å². The van der Waals surface area contributed by atoms with Gasteiger partial charge in [0.2, 0.25) is 0 Å². The van der Waals surface area contributed by atoms with Crippen molar-refractivity contribution in [3.63, 3.8) is 0 Å². The van der Waals surface area contributed by atoms with Crippen molar-refractivity contribution in [2.45, 2.75) is 13.8 Å². The second-order valence-corrected chi connectivity index (χ2v) is 7.90. The number of hydrogen-bond donors (Lipinski definition) is 0. The van der Waals surface area contributed by atoms with Crippen LogP contribution in [0.3, 0.4) is 0 Å². The number of carbonyl (C=O) groups excluding carboxylic acids is 2. The highest BCUT2D eigenvalue weighted by molar-refractivity contribution is 5.85. The first-order valence-corrected chi connectivity index (χ1v) is 12.0. The van der Waals surface area contributed by atoms with Crippen molar-refractivity contribution in [1.29, 1.82) is 0 Å². The largest absolute Gasteiger partial charge is 0.489 e. The van der Waals surface area contributed by atoms with Crippen LogP contribution in [0, 0.1) is 0 Å². The van der Waals surface area contributed by atoms with Crippen LogP contribution in [-0.2, 0) is 9.59 Å². The number of allylic oxidation sites excluding steroid dienone is 2. The molecule has 0 unspecified atom stereocenters. The lowest BCUT2D eigenvalue weighted by Gasteiger charge is -2.18. The first-order chi connectivity index (χ1) is 18.5. The second-order valence-electron chi connectivity index (χ2n) is 7.90. The van der Waals surface area contributed by atoms with E-state index in [1.165, 1.54) is 0 Å². The fourth-order valence-corrected chi connectivity index (χ4v) is 3.44. The van der Waals surface area contributed by atoms with Crippen LogP contribution in [0.4, 0.5) is 0 Å². The van der Waals surface area contributed by atoms with Crippen molar-refractivity contribution in [3.05, 3.63) is 110 Å². The molecule has 0 aliphatic carbocycles. The lowest BCUT2D eigenvalue weighted by molar-refractivity contribution is -0.129. The number of esters is 2. The van der Waals surface area contributed by atoms with E-state index in [1.807, 2.05) is 74.5 Å². The Labute approximate surface area is 223 Å². The average Bonchev–Trinajstić information content (AvgIpc) is 2.94. The summed E-state index contributed by atoms with van der Waals surface area (Å²) in [5.41, 5.74) is 3.33. The molecule has 0 bridgehead atoms. The van der Waals surface area contributed by atoms with Crippen LogP contribution >= 0.6 is 0 Å². The maximum Gasteiger partial charge on any atom is 0.335 e. The van der Waals surface area contributed by atoms with Crippen LogP contribution in [0.15, 0.2) is 110 Å². The maximum atomic E-state index is 11.6. The Kier molecular flexibility index (Phi) is 10.3. The van der Waals surface area contributed by atoms with E-state index in [0.717, 1.165) is 34.4 Å². The minimum Gasteiger partial charge on any atom is -0.489 e. The van der Waals surface area contributed by atoms with Crippen molar-refractivity contribution in [3.8, 4) is 45.3 Å². The molecular formula is C32H30O6. The summed E-state index contributed by atoms with van der Waals surface area (Å²) in [5.74, 6) is 1.07. The van der Waals surface area contributed by atoms with Gasteiger partial charge in [0.25, 0.3) is 0 Å². The summed E-state index contributed by atoms with van der Waals surface area (Å²) in [6.45, 7) is 11.5. The first-order valence-electron chi connectivity index (χ1n) is 12.0. The summed E-state index contributed by atoms with van der Waals surface area (Å²) in [6, 6.07) is 18.1. The molecule has 6 nitrogen and oxygen atoms in total. The third-order valence-corrected chi connectivity index (χ3v) is 5.32. The van der Waals surface area contributed by atoms with Crippen molar-refractivity contribution >= 4 is 11.9 Å². The second kappa shape index (κ2) is 14.0. The molecule has 0 heterocycles. The van der Waals surface area contributed by atoms with Gasteiger partial charge in [-0.25, -0.2) is 9.59 Å². The molecule has 194 valence electrons. The van der Waals surface area contributed by atoms with Crippen LogP contribution in [0.25, 0.3) is 22.3 Å². The van der Waals surface area contributed by atoms with Gasteiger partial charge < -0.3 is 18.9 Å². The Morgan fingerprint density at radius 3 is 1.34 bits per heavy atom. The van der Waals surface area contributed by atoms with E-state index in [2.05, 4.69) is 13.2 Å². The van der Waals surface area contributed by atoms with Gasteiger partial charge in [0.05, 0.1) is 0 Å². The zero-order valence-corrected chi connectivity index (χ0v) is 21.5. The molecule has 0 spiro atoms. The number of hydrogen-bond acceptors (Lipinski definition) is 6. The molecule has 0 N–H and O–H groups in total. The molecule has 0 fully saturated rings. The van der Waals surface area contributed by atoms with Gasteiger partial charge in [-0.15, -0.1) is 0 Å². The molecule has 0 aliphatic rings. The molecule has 38 heavy (non-hydrogen) atoms. The van der Waals surface area contributed by atoms with Gasteiger partial charge in [-0.3, -0.25) is 0 Å². The number of benzene rings is 3. The summed E-state index contributed by atoms with van der Waals surface area (Å²) >= 11 is 0. The summed E-state index contributed by atoms with van der Waals surface area (Å²) in [7, 11) is 0. The van der Waals surface area contributed by atoms with Crippen molar-refractivity contribution in [1.82, 2.24) is 0 Å². The van der Waals surface area contributed by atoms with E-state index in [0.29, 0.717) is 36.2 Å². The maximum absolute atomic E-state index is 11.6. The van der Waals surface area contributed by atoms with E-state index in [4.69, 9.17) is 18.9 Å². The molecule has 3 aromatic carbocycles. The van der Waals surface area contributed by atoms with E-state index in [9.17, 15) is 9.59 Å². The summed E-state index contributed by atoms with van der Waals surface area (Å²) in [5, 5.41) is 0. The van der Waals surface area contributed by atoms with Crippen LogP contribution in [0.5, 0.6) is 23.0 Å². The van der Waals surface area contributed by atoms with Crippen LogP contribution in [0.2, 0.25) is 0 Å². The van der Waals surface area contributed by atoms with Gasteiger partial charge in [0.1, 0.15) is 36.2 Å². The highest BCUT2D eigenvalue weighted by atomic mass is 16.5. The SMILES string of the molecule is C=CC(=O)Oc1ccc(-c2cc(OC/C=C/C)c(-c3ccc(OC(=O)C=C)cc3)cc2OC/C=C/C)cc1. The normalized spacial score (nSPS) is 10.8. The van der Waals surface area contributed by atoms with Gasteiger partial charge in [0.15, 0.2) is 0 Å². The topological polar surface area (TPSA) is 71.1 Å². The smallest absolute Gasteiger partial charge is 0.335 e. The Bertz CT molecular complexity index is 1230. The molecule has 0 aliphatic heterocycles. The average molecular weight is 511 g/mol. The van der Waals surface area contributed by atoms with Gasteiger partial charge in [-0.2, -0.15) is 0 Å². The molecular weight excluding hydrogens is 480 g/mol. The van der Waals surface area contributed by atoms with Crippen molar-refractivity contribution < 1.29 is 28.5 Å². The van der Waals surface area contributed by atoms with Crippen molar-refractivity contribution in [2.75, 3.05) is 13.2 Å². The molecule has 3 aromatic rings. The highest BCUT2D eigenvalue weighted by Crippen LogP contribution is 2.42. The van der Waals surface area contributed by atoms with Gasteiger partial charge in [-0.1, -0.05) is 61.7 Å². The first kappa shape index (κ1) is 27.7. The Morgan fingerprint density at radius 1 is 0.658 bits per heavy atom. The minimum atomic E-state index is -0.526. The monoisotopic (exact) mass is 510 g/mol. The quantitative estimate of drug-likeness (QED) is 0.112. The molecule has 0 saturated carbocycles. The number of carbonyl (C=O) groups is 2. The summed E-state index contributed by atoms with van der Waals surface area (Å²) in [6.07, 6.45) is 9.90. The minimum absolute atomic E-state index is 0.382. The third kappa shape index (κ3) is 7.58. The van der Waals surface area contributed by atoms with Gasteiger partial charge in [-0.05, 0) is 61.4 Å². The van der Waals surface area contributed by atoms with E-state index in [-0.39, 0.29) is 0 Å². The van der Waals surface area contributed by atoms with Gasteiger partial charge >= 0.3 is 11.9 Å². The van der Waals surface area contributed by atoms with Gasteiger partial charge in [0, 0.05) is 23.3 Å². The molecule has 6 heteroatoms. The molecule has 0 saturated heterocycles. The third-order valence-electron chi connectivity index (χ3n) is 5.32. The fourth-order valence-electron chi connectivity index (χ4n) is 3.44.